The van der Waals surface area contributed by atoms with E-state index in [0.29, 0.717) is 12.5 Å². The van der Waals surface area contributed by atoms with E-state index in [1.54, 1.807) is 6.92 Å². The maximum atomic E-state index is 9.95. The highest BCUT2D eigenvalue weighted by molar-refractivity contribution is 5.89. The van der Waals surface area contributed by atoms with Crippen molar-refractivity contribution in [1.29, 1.82) is 0 Å². The fraction of sp³-hybridized carbons (Fsp3) is 0.444. The number of ether oxygens (including phenoxy) is 1. The molecule has 0 heterocycles. The number of aliphatic hydroxyl groups excluding tert-OH is 1. The lowest BCUT2D eigenvalue weighted by atomic mass is 10.0. The van der Waals surface area contributed by atoms with Gasteiger partial charge >= 0.3 is 0 Å². The summed E-state index contributed by atoms with van der Waals surface area (Å²) in [6, 6.07) is 12.2. The van der Waals surface area contributed by atoms with Crippen molar-refractivity contribution in [2.75, 3.05) is 6.61 Å². The summed E-state index contributed by atoms with van der Waals surface area (Å²) >= 11 is 0. The Bertz CT molecular complexity index is 560. The fourth-order valence-electron chi connectivity index (χ4n) is 2.55. The summed E-state index contributed by atoms with van der Waals surface area (Å²) in [7, 11) is 0. The predicted octanol–water partition coefficient (Wildman–Crippen LogP) is 4.71. The highest BCUT2D eigenvalue weighted by atomic mass is 16.5. The van der Waals surface area contributed by atoms with Gasteiger partial charge in [-0.25, -0.2) is 0 Å². The zero-order valence-corrected chi connectivity index (χ0v) is 12.6. The van der Waals surface area contributed by atoms with Gasteiger partial charge in [-0.2, -0.15) is 0 Å². The summed E-state index contributed by atoms with van der Waals surface area (Å²) in [6.07, 6.45) is 1.81. The Morgan fingerprint density at radius 2 is 1.85 bits per heavy atom. The van der Waals surface area contributed by atoms with E-state index in [-0.39, 0.29) is 0 Å². The minimum atomic E-state index is -0.518. The van der Waals surface area contributed by atoms with Crippen LogP contribution in [-0.4, -0.2) is 11.7 Å². The molecular weight excluding hydrogens is 248 g/mol. The van der Waals surface area contributed by atoms with Crippen LogP contribution in [0.15, 0.2) is 36.4 Å². The van der Waals surface area contributed by atoms with Crippen molar-refractivity contribution < 1.29 is 9.84 Å². The van der Waals surface area contributed by atoms with Crippen LogP contribution >= 0.6 is 0 Å². The van der Waals surface area contributed by atoms with Gasteiger partial charge in [0.05, 0.1) is 12.7 Å². The molecule has 0 saturated carbocycles. The van der Waals surface area contributed by atoms with Crippen LogP contribution in [0, 0.1) is 5.92 Å². The molecule has 1 N–H and O–H groups in total. The number of rotatable bonds is 6. The van der Waals surface area contributed by atoms with Crippen molar-refractivity contribution in [2.45, 2.75) is 39.7 Å². The van der Waals surface area contributed by atoms with E-state index in [2.05, 4.69) is 26.0 Å². The third kappa shape index (κ3) is 3.31. The van der Waals surface area contributed by atoms with Crippen molar-refractivity contribution >= 4 is 10.8 Å². The van der Waals surface area contributed by atoms with Crippen LogP contribution in [0.25, 0.3) is 10.8 Å². The van der Waals surface area contributed by atoms with Crippen LogP contribution in [0.3, 0.4) is 0 Å². The summed E-state index contributed by atoms with van der Waals surface area (Å²) in [5.41, 5.74) is 0.868. The number of fused-ring (bicyclic) bond motifs is 1. The van der Waals surface area contributed by atoms with Crippen molar-refractivity contribution in [3.05, 3.63) is 42.0 Å². The maximum Gasteiger partial charge on any atom is 0.132 e. The first-order valence-corrected chi connectivity index (χ1v) is 7.46. The van der Waals surface area contributed by atoms with E-state index in [0.717, 1.165) is 28.5 Å². The topological polar surface area (TPSA) is 29.5 Å². The molecule has 1 unspecified atom stereocenters. The van der Waals surface area contributed by atoms with Gasteiger partial charge in [0.1, 0.15) is 5.75 Å². The lowest BCUT2D eigenvalue weighted by Gasteiger charge is -2.18. The van der Waals surface area contributed by atoms with Gasteiger partial charge in [0.2, 0.25) is 0 Å². The van der Waals surface area contributed by atoms with Crippen LogP contribution in [0.2, 0.25) is 0 Å². The number of benzene rings is 2. The summed E-state index contributed by atoms with van der Waals surface area (Å²) < 4.78 is 6.07. The largest absolute Gasteiger partial charge is 0.492 e. The van der Waals surface area contributed by atoms with Gasteiger partial charge in [0, 0.05) is 10.9 Å². The maximum absolute atomic E-state index is 9.95. The highest BCUT2D eigenvalue weighted by Gasteiger charge is 2.14. The van der Waals surface area contributed by atoms with Crippen LogP contribution in [0.5, 0.6) is 5.75 Å². The number of hydrogen-bond donors (Lipinski definition) is 1. The second-order valence-corrected chi connectivity index (χ2v) is 5.59. The van der Waals surface area contributed by atoms with Crippen molar-refractivity contribution in [2.24, 2.45) is 5.92 Å². The quantitative estimate of drug-likeness (QED) is 0.825. The SMILES string of the molecule is CCCC(C)COc1c([C@@H](C)O)ccc2ccccc12. The number of aliphatic hydroxyl groups is 1. The van der Waals surface area contributed by atoms with E-state index in [1.165, 1.54) is 6.42 Å². The molecule has 0 aliphatic carbocycles. The first-order chi connectivity index (χ1) is 9.63. The molecule has 0 bridgehead atoms. The van der Waals surface area contributed by atoms with E-state index >= 15 is 0 Å². The molecule has 0 aliphatic heterocycles. The Kier molecular flexibility index (Phi) is 5.02. The Hall–Kier alpha value is -1.54. The molecule has 0 aliphatic rings. The van der Waals surface area contributed by atoms with Crippen molar-refractivity contribution in [1.82, 2.24) is 0 Å². The Balaban J connectivity index is 2.34. The molecule has 2 nitrogen and oxygen atoms in total. The van der Waals surface area contributed by atoms with Crippen LogP contribution in [0.1, 0.15) is 45.3 Å². The molecule has 2 atom stereocenters. The molecule has 20 heavy (non-hydrogen) atoms. The third-order valence-corrected chi connectivity index (χ3v) is 3.65. The van der Waals surface area contributed by atoms with Crippen molar-refractivity contribution in [3.8, 4) is 5.75 Å². The first-order valence-electron chi connectivity index (χ1n) is 7.46. The van der Waals surface area contributed by atoms with Gasteiger partial charge in [-0.1, -0.05) is 56.7 Å². The monoisotopic (exact) mass is 272 g/mol. The second kappa shape index (κ2) is 6.76. The second-order valence-electron chi connectivity index (χ2n) is 5.59. The molecule has 2 aromatic rings. The molecule has 108 valence electrons. The van der Waals surface area contributed by atoms with E-state index in [4.69, 9.17) is 4.74 Å². The van der Waals surface area contributed by atoms with Gasteiger partial charge in [0.15, 0.2) is 0 Å². The zero-order valence-electron chi connectivity index (χ0n) is 12.6. The lowest BCUT2D eigenvalue weighted by Crippen LogP contribution is -2.10. The number of hydrogen-bond acceptors (Lipinski definition) is 2. The van der Waals surface area contributed by atoms with Gasteiger partial charge in [-0.15, -0.1) is 0 Å². The van der Waals surface area contributed by atoms with Gasteiger partial charge in [0.25, 0.3) is 0 Å². The van der Waals surface area contributed by atoms with E-state index in [1.807, 2.05) is 24.3 Å². The molecule has 2 rings (SSSR count). The first kappa shape index (κ1) is 14.9. The van der Waals surface area contributed by atoms with Crippen molar-refractivity contribution in [3.63, 3.8) is 0 Å². The summed E-state index contributed by atoms with van der Waals surface area (Å²) in [4.78, 5) is 0. The standard InChI is InChI=1S/C18H24O2/c1-4-7-13(2)12-20-18-16(14(3)19)11-10-15-8-5-6-9-17(15)18/h5-6,8-11,13-14,19H,4,7,12H2,1-3H3/t13?,14-/m1/s1. The lowest BCUT2D eigenvalue weighted by molar-refractivity contribution is 0.187. The highest BCUT2D eigenvalue weighted by Crippen LogP contribution is 2.34. The Labute approximate surface area is 121 Å². The molecule has 0 aromatic heterocycles. The van der Waals surface area contributed by atoms with Crippen LogP contribution in [-0.2, 0) is 0 Å². The third-order valence-electron chi connectivity index (χ3n) is 3.65. The smallest absolute Gasteiger partial charge is 0.132 e. The molecule has 2 heteroatoms. The molecule has 0 radical (unpaired) electrons. The fourth-order valence-corrected chi connectivity index (χ4v) is 2.55. The molecule has 2 aromatic carbocycles. The zero-order chi connectivity index (χ0) is 14.5. The van der Waals surface area contributed by atoms with Gasteiger partial charge in [-0.3, -0.25) is 0 Å². The normalized spacial score (nSPS) is 14.2. The molecule has 0 spiro atoms. The Morgan fingerprint density at radius 1 is 1.10 bits per heavy atom. The molecule has 0 saturated heterocycles. The Morgan fingerprint density at radius 3 is 2.55 bits per heavy atom. The average molecular weight is 272 g/mol. The van der Waals surface area contributed by atoms with Gasteiger partial charge < -0.3 is 9.84 Å². The van der Waals surface area contributed by atoms with E-state index < -0.39 is 6.10 Å². The summed E-state index contributed by atoms with van der Waals surface area (Å²) in [5, 5.41) is 12.2. The van der Waals surface area contributed by atoms with E-state index in [9.17, 15) is 5.11 Å². The van der Waals surface area contributed by atoms with Gasteiger partial charge in [-0.05, 0) is 24.6 Å². The minimum Gasteiger partial charge on any atom is -0.492 e. The predicted molar refractivity (Wildman–Crippen MR) is 84.1 cm³/mol. The molecular formula is C18H24O2. The summed E-state index contributed by atoms with van der Waals surface area (Å²) in [6.45, 7) is 6.88. The summed E-state index contributed by atoms with van der Waals surface area (Å²) in [5.74, 6) is 1.36. The minimum absolute atomic E-state index is 0.518. The van der Waals surface area contributed by atoms with Crippen LogP contribution in [0.4, 0.5) is 0 Å². The molecule has 0 fully saturated rings. The molecule has 0 amide bonds. The average Bonchev–Trinajstić information content (AvgIpc) is 2.44. The van der Waals surface area contributed by atoms with Crippen LogP contribution < -0.4 is 4.74 Å².